The summed E-state index contributed by atoms with van der Waals surface area (Å²) >= 11 is 0. The first-order chi connectivity index (χ1) is 5.36. The molecule has 0 aliphatic carbocycles. The number of hydrogen-bond donors (Lipinski definition) is 1. The van der Waals surface area contributed by atoms with Crippen molar-refractivity contribution in [2.75, 3.05) is 6.61 Å². The van der Waals surface area contributed by atoms with E-state index in [1.165, 1.54) is 5.56 Å². The van der Waals surface area contributed by atoms with Crippen LogP contribution in [0.2, 0.25) is 0 Å². The molecule has 0 heterocycles. The normalized spacial score (nSPS) is 9.64. The van der Waals surface area contributed by atoms with Crippen LogP contribution >= 0.6 is 0 Å². The molecule has 1 aromatic carbocycles. The van der Waals surface area contributed by atoms with E-state index >= 15 is 0 Å². The molecule has 3 N–H and O–H groups in total. The Hall–Kier alpha value is -1.02. The van der Waals surface area contributed by atoms with Gasteiger partial charge in [0.15, 0.2) is 0 Å². The Balaban J connectivity index is 2.66. The van der Waals surface area contributed by atoms with Crippen molar-refractivity contribution in [2.24, 2.45) is 0 Å². The van der Waals surface area contributed by atoms with E-state index in [9.17, 15) is 0 Å². The second-order valence-electron chi connectivity index (χ2n) is 2.33. The molecule has 0 aliphatic heterocycles. The Labute approximate surface area is 67.0 Å². The van der Waals surface area contributed by atoms with Crippen molar-refractivity contribution >= 4 is 0 Å². The minimum Gasteiger partial charge on any atom is -0.494 e. The van der Waals surface area contributed by atoms with Gasteiger partial charge in [0.2, 0.25) is 0 Å². The highest BCUT2D eigenvalue weighted by molar-refractivity contribution is 5.26. The molecule has 0 atom stereocenters. The summed E-state index contributed by atoms with van der Waals surface area (Å²) in [5.74, 6) is 0.935. The molecule has 0 saturated heterocycles. The highest BCUT2D eigenvalue weighted by Crippen LogP contribution is 2.10. The van der Waals surface area contributed by atoms with Crippen LogP contribution in [0.1, 0.15) is 12.5 Å². The molecular formula is C9H14NO+. The highest BCUT2D eigenvalue weighted by atomic mass is 16.5. The van der Waals surface area contributed by atoms with Gasteiger partial charge in [-0.15, -0.1) is 0 Å². The maximum atomic E-state index is 5.28. The molecule has 0 amide bonds. The lowest BCUT2D eigenvalue weighted by molar-refractivity contribution is -0.386. The van der Waals surface area contributed by atoms with Crippen molar-refractivity contribution in [3.05, 3.63) is 29.8 Å². The fraction of sp³-hybridized carbons (Fsp3) is 0.333. The maximum Gasteiger partial charge on any atom is 0.119 e. The third-order valence-corrected chi connectivity index (χ3v) is 1.52. The second-order valence-corrected chi connectivity index (χ2v) is 2.33. The first kappa shape index (κ1) is 8.08. The van der Waals surface area contributed by atoms with Crippen molar-refractivity contribution < 1.29 is 10.5 Å². The van der Waals surface area contributed by atoms with Crippen LogP contribution in [0, 0.1) is 0 Å². The predicted molar refractivity (Wildman–Crippen MR) is 44.2 cm³/mol. The average Bonchev–Trinajstić information content (AvgIpc) is 2.07. The van der Waals surface area contributed by atoms with Crippen LogP contribution in [0.15, 0.2) is 24.3 Å². The lowest BCUT2D eigenvalue weighted by Crippen LogP contribution is -2.47. The van der Waals surface area contributed by atoms with E-state index in [1.54, 1.807) is 0 Å². The Kier molecular flexibility index (Phi) is 2.93. The molecule has 60 valence electrons. The lowest BCUT2D eigenvalue weighted by Gasteiger charge is -2.01. The molecular weight excluding hydrogens is 138 g/mol. The van der Waals surface area contributed by atoms with E-state index in [0.29, 0.717) is 0 Å². The summed E-state index contributed by atoms with van der Waals surface area (Å²) < 4.78 is 5.28. The van der Waals surface area contributed by atoms with Gasteiger partial charge >= 0.3 is 0 Å². The zero-order valence-electron chi connectivity index (χ0n) is 6.84. The molecule has 0 saturated carbocycles. The van der Waals surface area contributed by atoms with E-state index < -0.39 is 0 Å². The van der Waals surface area contributed by atoms with Crippen LogP contribution in [0.4, 0.5) is 0 Å². The minimum absolute atomic E-state index is 0.726. The molecule has 0 spiro atoms. The lowest BCUT2D eigenvalue weighted by atomic mass is 10.2. The first-order valence-electron chi connectivity index (χ1n) is 3.87. The Bertz CT molecular complexity index is 205. The first-order valence-corrected chi connectivity index (χ1v) is 3.87. The molecule has 0 fully saturated rings. The predicted octanol–water partition coefficient (Wildman–Crippen LogP) is 0.827. The summed E-state index contributed by atoms with van der Waals surface area (Å²) in [7, 11) is 0. The quantitative estimate of drug-likeness (QED) is 0.684. The van der Waals surface area contributed by atoms with Crippen LogP contribution in [0.5, 0.6) is 5.75 Å². The van der Waals surface area contributed by atoms with E-state index in [2.05, 4.69) is 5.73 Å². The van der Waals surface area contributed by atoms with Crippen LogP contribution in [-0.2, 0) is 6.54 Å². The SMILES string of the molecule is CCOc1ccc(C[NH3+])cc1. The van der Waals surface area contributed by atoms with Crippen molar-refractivity contribution in [1.82, 2.24) is 0 Å². The summed E-state index contributed by atoms with van der Waals surface area (Å²) in [6.45, 7) is 3.55. The van der Waals surface area contributed by atoms with Gasteiger partial charge in [-0.3, -0.25) is 0 Å². The Morgan fingerprint density at radius 1 is 1.27 bits per heavy atom. The van der Waals surface area contributed by atoms with Crippen LogP contribution < -0.4 is 10.5 Å². The standard InChI is InChI=1S/C9H13NO/c1-2-11-9-5-3-8(7-10)4-6-9/h3-6H,2,7,10H2,1H3/p+1. The smallest absolute Gasteiger partial charge is 0.119 e. The average molecular weight is 152 g/mol. The highest BCUT2D eigenvalue weighted by Gasteiger charge is 1.92. The summed E-state index contributed by atoms with van der Waals surface area (Å²) in [5, 5.41) is 0. The van der Waals surface area contributed by atoms with Gasteiger partial charge in [-0.25, -0.2) is 0 Å². The van der Waals surface area contributed by atoms with Crippen molar-refractivity contribution in [2.45, 2.75) is 13.5 Å². The summed E-state index contributed by atoms with van der Waals surface area (Å²) in [5.41, 5.74) is 5.03. The van der Waals surface area contributed by atoms with Gasteiger partial charge < -0.3 is 10.5 Å². The molecule has 0 radical (unpaired) electrons. The number of benzene rings is 1. The second kappa shape index (κ2) is 3.98. The topological polar surface area (TPSA) is 36.9 Å². The van der Waals surface area contributed by atoms with Gasteiger partial charge in [-0.2, -0.15) is 0 Å². The van der Waals surface area contributed by atoms with Crippen molar-refractivity contribution in [3.8, 4) is 5.75 Å². The Morgan fingerprint density at radius 2 is 1.91 bits per heavy atom. The minimum atomic E-state index is 0.726. The fourth-order valence-electron chi connectivity index (χ4n) is 0.919. The molecule has 2 heteroatoms. The van der Waals surface area contributed by atoms with Crippen molar-refractivity contribution in [1.29, 1.82) is 0 Å². The molecule has 1 aromatic rings. The molecule has 0 aromatic heterocycles. The van der Waals surface area contributed by atoms with Crippen LogP contribution in [-0.4, -0.2) is 6.61 Å². The van der Waals surface area contributed by atoms with Gasteiger partial charge in [0, 0.05) is 5.56 Å². The summed E-state index contributed by atoms with van der Waals surface area (Å²) in [4.78, 5) is 0. The number of rotatable bonds is 3. The fourth-order valence-corrected chi connectivity index (χ4v) is 0.919. The zero-order chi connectivity index (χ0) is 8.10. The van der Waals surface area contributed by atoms with E-state index in [-0.39, 0.29) is 0 Å². The van der Waals surface area contributed by atoms with Crippen LogP contribution in [0.3, 0.4) is 0 Å². The van der Waals surface area contributed by atoms with Gasteiger partial charge in [-0.1, -0.05) is 0 Å². The maximum absolute atomic E-state index is 5.28. The molecule has 1 rings (SSSR count). The zero-order valence-corrected chi connectivity index (χ0v) is 6.84. The van der Waals surface area contributed by atoms with E-state index in [1.807, 2.05) is 31.2 Å². The van der Waals surface area contributed by atoms with Gasteiger partial charge in [0.05, 0.1) is 13.2 Å². The summed E-state index contributed by atoms with van der Waals surface area (Å²) in [6, 6.07) is 8.03. The third-order valence-electron chi connectivity index (χ3n) is 1.52. The summed E-state index contributed by atoms with van der Waals surface area (Å²) in [6.07, 6.45) is 0. The molecule has 11 heavy (non-hydrogen) atoms. The largest absolute Gasteiger partial charge is 0.494 e. The molecule has 2 nitrogen and oxygen atoms in total. The monoisotopic (exact) mass is 152 g/mol. The van der Waals surface area contributed by atoms with E-state index in [0.717, 1.165) is 18.9 Å². The van der Waals surface area contributed by atoms with Gasteiger partial charge in [0.1, 0.15) is 5.75 Å². The number of quaternary nitrogens is 1. The van der Waals surface area contributed by atoms with Gasteiger partial charge in [-0.05, 0) is 31.2 Å². The Morgan fingerprint density at radius 3 is 2.36 bits per heavy atom. The molecule has 0 unspecified atom stereocenters. The van der Waals surface area contributed by atoms with Gasteiger partial charge in [0.25, 0.3) is 0 Å². The number of hydrogen-bond acceptors (Lipinski definition) is 1. The molecule has 0 bridgehead atoms. The number of ether oxygens (including phenoxy) is 1. The van der Waals surface area contributed by atoms with Crippen molar-refractivity contribution in [3.63, 3.8) is 0 Å². The third kappa shape index (κ3) is 2.24. The van der Waals surface area contributed by atoms with Crippen LogP contribution in [0.25, 0.3) is 0 Å². The van der Waals surface area contributed by atoms with E-state index in [4.69, 9.17) is 4.74 Å². The molecule has 0 aliphatic rings.